The highest BCUT2D eigenvalue weighted by molar-refractivity contribution is 7.91. The van der Waals surface area contributed by atoms with Gasteiger partial charge < -0.3 is 14.6 Å². The number of nitrogens with zero attached hydrogens (tertiary/aromatic N) is 4. The van der Waals surface area contributed by atoms with E-state index in [1.165, 1.54) is 18.2 Å². The Labute approximate surface area is 287 Å². The molecule has 0 unspecified atom stereocenters. The van der Waals surface area contributed by atoms with Gasteiger partial charge in [-0.1, -0.05) is 53.6 Å². The number of azide groups is 1. The van der Waals surface area contributed by atoms with Crippen molar-refractivity contribution in [2.24, 2.45) is 10.1 Å². The predicted octanol–water partition coefficient (Wildman–Crippen LogP) is 5.48. The fraction of sp³-hybridized carbons (Fsp3) is 0.257. The number of ether oxygens (including phenoxy) is 2. The van der Waals surface area contributed by atoms with E-state index < -0.39 is 51.3 Å². The average Bonchev–Trinajstić information content (AvgIpc) is 3.53. The Morgan fingerprint density at radius 3 is 2.40 bits per heavy atom. The highest BCUT2D eigenvalue weighted by Gasteiger charge is 2.54. The van der Waals surface area contributed by atoms with Gasteiger partial charge in [-0.3, -0.25) is 10.2 Å². The van der Waals surface area contributed by atoms with Gasteiger partial charge >= 0.3 is 0 Å². The molecular formula is C35H34F2N6O6S. The maximum absolute atomic E-state index is 14.4. The molecule has 1 aliphatic rings. The third-order valence-corrected chi connectivity index (χ3v) is 9.79. The summed E-state index contributed by atoms with van der Waals surface area (Å²) in [6, 6.07) is 24.5. The smallest absolute Gasteiger partial charge is 0.266 e. The summed E-state index contributed by atoms with van der Waals surface area (Å²) < 4.78 is 68.0. The van der Waals surface area contributed by atoms with Crippen LogP contribution in [0.5, 0.6) is 5.75 Å². The van der Waals surface area contributed by atoms with E-state index in [0.717, 1.165) is 12.1 Å². The molecule has 15 heteroatoms. The molecule has 0 fully saturated rings. The first-order valence-electron chi connectivity index (χ1n) is 15.6. The number of hydrogen-bond donors (Lipinski definition) is 3. The van der Waals surface area contributed by atoms with Crippen LogP contribution in [0.15, 0.2) is 112 Å². The number of aliphatic hydroxyl groups is 1. The van der Waals surface area contributed by atoms with E-state index >= 15 is 0 Å². The molecule has 0 saturated heterocycles. The van der Waals surface area contributed by atoms with Crippen LogP contribution >= 0.6 is 0 Å². The topological polar surface area (TPSA) is 175 Å². The number of rotatable bonds is 16. The molecule has 0 aliphatic carbocycles. The zero-order valence-electron chi connectivity index (χ0n) is 26.7. The predicted molar refractivity (Wildman–Crippen MR) is 180 cm³/mol. The van der Waals surface area contributed by atoms with Crippen molar-refractivity contribution in [3.63, 3.8) is 0 Å². The third kappa shape index (κ3) is 8.26. The van der Waals surface area contributed by atoms with Crippen LogP contribution in [0.1, 0.15) is 41.2 Å². The number of halogens is 2. The maximum Gasteiger partial charge on any atom is 0.266 e. The molecule has 0 bridgehead atoms. The number of aliphatic imine (C=N–C) groups is 1. The molecule has 0 spiro atoms. The van der Waals surface area contributed by atoms with Crippen molar-refractivity contribution in [1.82, 2.24) is 10.9 Å². The molecule has 3 N–H and O–H groups in total. The Balaban J connectivity index is 1.58. The molecule has 1 aliphatic heterocycles. The van der Waals surface area contributed by atoms with Crippen molar-refractivity contribution in [2.75, 3.05) is 19.0 Å². The first kappa shape index (κ1) is 36.0. The van der Waals surface area contributed by atoms with Gasteiger partial charge in [0.05, 0.1) is 23.8 Å². The van der Waals surface area contributed by atoms with E-state index in [2.05, 4.69) is 20.9 Å². The molecule has 4 aromatic carbocycles. The summed E-state index contributed by atoms with van der Waals surface area (Å²) in [5.74, 6) is -2.48. The summed E-state index contributed by atoms with van der Waals surface area (Å²) in [6.45, 7) is -0.276. The van der Waals surface area contributed by atoms with Crippen LogP contribution in [0.2, 0.25) is 0 Å². The quantitative estimate of drug-likeness (QED) is 0.0455. The van der Waals surface area contributed by atoms with E-state index in [1.807, 2.05) is 0 Å². The summed E-state index contributed by atoms with van der Waals surface area (Å²) in [5.41, 5.74) is 13.2. The van der Waals surface area contributed by atoms with Crippen LogP contribution in [-0.4, -0.2) is 49.8 Å². The lowest BCUT2D eigenvalue weighted by Gasteiger charge is -2.31. The van der Waals surface area contributed by atoms with Crippen LogP contribution in [0.4, 0.5) is 8.78 Å². The van der Waals surface area contributed by atoms with E-state index in [1.54, 1.807) is 66.7 Å². The van der Waals surface area contributed by atoms with E-state index in [4.69, 9.17) is 25.1 Å². The van der Waals surface area contributed by atoms with E-state index in [0.29, 0.717) is 35.5 Å². The SMILES string of the molecule is [N-]=[N+]=NCc1ccccc1[C@@H]1OC(c2ccc(OCCCO)cc2)=N[C@]1(CCS(=O)(=O)c1ccccc1)C(=O)NNCc1c(F)cccc1F. The van der Waals surface area contributed by atoms with Crippen LogP contribution in [-0.2, 0) is 32.5 Å². The van der Waals surface area contributed by atoms with E-state index in [9.17, 15) is 22.0 Å². The highest BCUT2D eigenvalue weighted by Crippen LogP contribution is 2.44. The number of nitrogens with one attached hydrogen (secondary N) is 2. The van der Waals surface area contributed by atoms with Gasteiger partial charge in [0.1, 0.15) is 17.4 Å². The van der Waals surface area contributed by atoms with Gasteiger partial charge in [-0.05, 0) is 65.2 Å². The van der Waals surface area contributed by atoms with Crippen LogP contribution in [0.25, 0.3) is 10.4 Å². The number of aliphatic hydroxyl groups excluding tert-OH is 1. The average molecular weight is 705 g/mol. The molecule has 12 nitrogen and oxygen atoms in total. The third-order valence-electron chi connectivity index (χ3n) is 8.05. The van der Waals surface area contributed by atoms with Gasteiger partial charge in [0, 0.05) is 42.0 Å². The molecule has 0 radical (unpaired) electrons. The summed E-state index contributed by atoms with van der Waals surface area (Å²) in [5, 5.41) is 12.8. The molecule has 260 valence electrons. The molecule has 4 aromatic rings. The Kier molecular flexibility index (Phi) is 11.8. The fourth-order valence-electron chi connectivity index (χ4n) is 5.45. The van der Waals surface area contributed by atoms with Gasteiger partial charge in [-0.25, -0.2) is 27.6 Å². The number of benzene rings is 4. The molecular weight excluding hydrogens is 670 g/mol. The Morgan fingerprint density at radius 1 is 1.00 bits per heavy atom. The zero-order valence-corrected chi connectivity index (χ0v) is 27.5. The van der Waals surface area contributed by atoms with Gasteiger partial charge in [0.15, 0.2) is 21.5 Å². The van der Waals surface area contributed by atoms with Crippen molar-refractivity contribution >= 4 is 21.6 Å². The monoisotopic (exact) mass is 704 g/mol. The number of carbonyl (C=O) groups excluding carboxylic acids is 1. The highest BCUT2D eigenvalue weighted by atomic mass is 32.2. The summed E-state index contributed by atoms with van der Waals surface area (Å²) in [7, 11) is -3.95. The number of sulfone groups is 1. The fourth-order valence-corrected chi connectivity index (χ4v) is 6.83. The Bertz CT molecular complexity index is 1970. The second-order valence-corrected chi connectivity index (χ2v) is 13.4. The van der Waals surface area contributed by atoms with Crippen molar-refractivity contribution in [3.05, 3.63) is 141 Å². The number of hydrazine groups is 1. The number of amides is 1. The molecule has 2 atom stereocenters. The van der Waals surface area contributed by atoms with Crippen LogP contribution < -0.4 is 15.6 Å². The molecule has 50 heavy (non-hydrogen) atoms. The van der Waals surface area contributed by atoms with Crippen molar-refractivity contribution in [3.8, 4) is 5.75 Å². The van der Waals surface area contributed by atoms with Gasteiger partial charge in [-0.2, -0.15) is 0 Å². The van der Waals surface area contributed by atoms with Gasteiger partial charge in [-0.15, -0.1) is 0 Å². The van der Waals surface area contributed by atoms with Gasteiger partial charge in [0.2, 0.25) is 5.90 Å². The Morgan fingerprint density at radius 2 is 1.70 bits per heavy atom. The van der Waals surface area contributed by atoms with Crippen molar-refractivity contribution in [1.29, 1.82) is 0 Å². The summed E-state index contributed by atoms with van der Waals surface area (Å²) in [6.07, 6.45) is -1.17. The molecule has 0 aromatic heterocycles. The largest absolute Gasteiger partial charge is 0.494 e. The minimum absolute atomic E-state index is 0.0166. The second-order valence-electron chi connectivity index (χ2n) is 11.3. The summed E-state index contributed by atoms with van der Waals surface area (Å²) in [4.78, 5) is 22.1. The van der Waals surface area contributed by atoms with Crippen molar-refractivity contribution < 1.29 is 36.6 Å². The summed E-state index contributed by atoms with van der Waals surface area (Å²) >= 11 is 0. The second kappa shape index (κ2) is 16.4. The van der Waals surface area contributed by atoms with Crippen molar-refractivity contribution in [2.45, 2.75) is 42.5 Å². The maximum atomic E-state index is 14.4. The Hall–Kier alpha value is -5.34. The molecule has 1 amide bonds. The minimum atomic E-state index is -3.95. The van der Waals surface area contributed by atoms with Crippen LogP contribution in [0.3, 0.4) is 0 Å². The van der Waals surface area contributed by atoms with Gasteiger partial charge in [0.25, 0.3) is 5.91 Å². The standard InChI is InChI=1S/C35H34F2N6O6S/c36-30-12-6-13-31(37)29(30)23-39-42-34(45)35(18-21-50(46,47)27-9-2-1-3-10-27)32(28-11-5-4-8-25(28)22-40-43-38)49-33(41-35)24-14-16-26(17-15-24)48-20-7-19-44/h1-6,8-17,32,39,44H,7,18-23H2,(H,42,45)/t32-,35-/m0/s1. The lowest BCUT2D eigenvalue weighted by Crippen LogP contribution is -2.53. The lowest BCUT2D eigenvalue weighted by atomic mass is 9.83. The lowest BCUT2D eigenvalue weighted by molar-refractivity contribution is -0.130. The minimum Gasteiger partial charge on any atom is -0.494 e. The first-order valence-corrected chi connectivity index (χ1v) is 17.3. The van der Waals surface area contributed by atoms with E-state index in [-0.39, 0.29) is 35.9 Å². The molecule has 5 rings (SSSR count). The molecule has 0 saturated carbocycles. The van der Waals surface area contributed by atoms with Crippen LogP contribution in [0, 0.1) is 11.6 Å². The number of carbonyl (C=O) groups is 1. The molecule has 1 heterocycles. The number of hydrogen-bond acceptors (Lipinski definition) is 9. The zero-order chi connectivity index (χ0) is 35.6. The first-order chi connectivity index (χ1) is 24.2. The normalized spacial score (nSPS) is 16.9.